The highest BCUT2D eigenvalue weighted by molar-refractivity contribution is 5.94. The fourth-order valence-electron chi connectivity index (χ4n) is 3.32. The molecule has 0 aromatic heterocycles. The molecule has 2 aliphatic rings. The van der Waals surface area contributed by atoms with Crippen LogP contribution in [0.5, 0.6) is 17.2 Å². The van der Waals surface area contributed by atoms with Crippen molar-refractivity contribution in [1.82, 2.24) is 0 Å². The molecule has 1 atom stereocenters. The van der Waals surface area contributed by atoms with Gasteiger partial charge in [0.1, 0.15) is 5.75 Å². The van der Waals surface area contributed by atoms with Crippen LogP contribution in [0.1, 0.15) is 30.9 Å². The molecular weight excluding hydrogens is 318 g/mol. The zero-order valence-electron chi connectivity index (χ0n) is 14.2. The highest BCUT2D eigenvalue weighted by Crippen LogP contribution is 2.34. The van der Waals surface area contributed by atoms with E-state index in [1.807, 2.05) is 12.1 Å². The van der Waals surface area contributed by atoms with Crippen molar-refractivity contribution in [3.8, 4) is 17.2 Å². The maximum atomic E-state index is 12.5. The summed E-state index contributed by atoms with van der Waals surface area (Å²) in [6, 6.07) is 11.5. The van der Waals surface area contributed by atoms with Gasteiger partial charge in [-0.2, -0.15) is 0 Å². The molecule has 5 nitrogen and oxygen atoms in total. The summed E-state index contributed by atoms with van der Waals surface area (Å²) in [5.41, 5.74) is 3.25. The molecule has 2 aromatic carbocycles. The largest absolute Gasteiger partial charge is 0.481 e. The number of amides is 1. The fraction of sp³-hybridized carbons (Fsp3) is 0.350. The molecule has 1 N–H and O–H groups in total. The molecule has 1 aliphatic carbocycles. The second-order valence-electron chi connectivity index (χ2n) is 6.42. The average molecular weight is 339 g/mol. The van der Waals surface area contributed by atoms with E-state index in [-0.39, 0.29) is 12.7 Å². The molecule has 0 spiro atoms. The number of rotatable bonds is 4. The van der Waals surface area contributed by atoms with Crippen LogP contribution in [-0.2, 0) is 17.6 Å². The van der Waals surface area contributed by atoms with Gasteiger partial charge in [-0.3, -0.25) is 4.79 Å². The summed E-state index contributed by atoms with van der Waals surface area (Å²) in [7, 11) is 0. The first kappa shape index (κ1) is 15.8. The molecule has 0 saturated carbocycles. The van der Waals surface area contributed by atoms with Gasteiger partial charge >= 0.3 is 0 Å². The van der Waals surface area contributed by atoms with Crippen molar-refractivity contribution in [2.24, 2.45) is 0 Å². The van der Waals surface area contributed by atoms with Crippen molar-refractivity contribution < 1.29 is 19.0 Å². The van der Waals surface area contributed by atoms with Gasteiger partial charge < -0.3 is 19.5 Å². The number of anilines is 1. The first-order valence-electron chi connectivity index (χ1n) is 8.68. The summed E-state index contributed by atoms with van der Waals surface area (Å²) >= 11 is 0. The van der Waals surface area contributed by atoms with E-state index < -0.39 is 6.10 Å². The minimum atomic E-state index is -0.584. The van der Waals surface area contributed by atoms with Crippen molar-refractivity contribution in [1.29, 1.82) is 0 Å². The molecule has 0 radical (unpaired) electrons. The third-order valence-corrected chi connectivity index (χ3v) is 4.67. The lowest BCUT2D eigenvalue weighted by molar-refractivity contribution is -0.122. The predicted molar refractivity (Wildman–Crippen MR) is 94.4 cm³/mol. The van der Waals surface area contributed by atoms with Gasteiger partial charge in [0.15, 0.2) is 17.6 Å². The Kier molecular flexibility index (Phi) is 4.22. The van der Waals surface area contributed by atoms with E-state index in [0.29, 0.717) is 17.2 Å². The van der Waals surface area contributed by atoms with Crippen LogP contribution in [0.4, 0.5) is 5.69 Å². The number of fused-ring (bicyclic) bond motifs is 2. The van der Waals surface area contributed by atoms with Crippen LogP contribution in [-0.4, -0.2) is 18.8 Å². The summed E-state index contributed by atoms with van der Waals surface area (Å²) in [6.45, 7) is 1.98. The molecule has 1 heterocycles. The Hall–Kier alpha value is -2.69. The third-order valence-electron chi connectivity index (χ3n) is 4.67. The second-order valence-corrected chi connectivity index (χ2v) is 6.42. The Bertz CT molecular complexity index is 802. The van der Waals surface area contributed by atoms with Crippen LogP contribution < -0.4 is 19.5 Å². The Labute approximate surface area is 146 Å². The fourth-order valence-corrected chi connectivity index (χ4v) is 3.32. The first-order valence-corrected chi connectivity index (χ1v) is 8.68. The van der Waals surface area contributed by atoms with Gasteiger partial charge in [0, 0.05) is 11.8 Å². The molecule has 5 heteroatoms. The summed E-state index contributed by atoms with van der Waals surface area (Å²) in [5.74, 6) is 1.97. The molecule has 130 valence electrons. The molecule has 1 amide bonds. The van der Waals surface area contributed by atoms with Gasteiger partial charge in [0.05, 0.1) is 0 Å². The van der Waals surface area contributed by atoms with Crippen LogP contribution >= 0.6 is 0 Å². The number of benzene rings is 2. The van der Waals surface area contributed by atoms with E-state index in [0.717, 1.165) is 18.6 Å². The minimum Gasteiger partial charge on any atom is -0.481 e. The van der Waals surface area contributed by atoms with E-state index in [2.05, 4.69) is 11.4 Å². The van der Waals surface area contributed by atoms with E-state index in [4.69, 9.17) is 14.2 Å². The van der Waals surface area contributed by atoms with Crippen LogP contribution in [0.3, 0.4) is 0 Å². The number of aryl methyl sites for hydroxylation is 1. The lowest BCUT2D eigenvalue weighted by Crippen LogP contribution is -2.30. The van der Waals surface area contributed by atoms with E-state index >= 15 is 0 Å². The van der Waals surface area contributed by atoms with Gasteiger partial charge in [-0.1, -0.05) is 12.1 Å². The molecule has 2 aromatic rings. The summed E-state index contributed by atoms with van der Waals surface area (Å²) < 4.78 is 16.6. The van der Waals surface area contributed by atoms with Gasteiger partial charge in [0.2, 0.25) is 6.79 Å². The predicted octanol–water partition coefficient (Wildman–Crippen LogP) is 3.70. The zero-order valence-corrected chi connectivity index (χ0v) is 14.2. The minimum absolute atomic E-state index is 0.188. The monoisotopic (exact) mass is 339 g/mol. The van der Waals surface area contributed by atoms with Gasteiger partial charge in [-0.25, -0.2) is 0 Å². The normalized spacial score (nSPS) is 16.0. The number of carbonyl (C=O) groups is 1. The highest BCUT2D eigenvalue weighted by Gasteiger charge is 2.20. The van der Waals surface area contributed by atoms with Crippen molar-refractivity contribution in [3.63, 3.8) is 0 Å². The van der Waals surface area contributed by atoms with Gasteiger partial charge in [-0.15, -0.1) is 0 Å². The van der Waals surface area contributed by atoms with E-state index in [1.165, 1.54) is 24.0 Å². The summed E-state index contributed by atoms with van der Waals surface area (Å²) in [4.78, 5) is 12.5. The van der Waals surface area contributed by atoms with Crippen molar-refractivity contribution in [3.05, 3.63) is 47.5 Å². The van der Waals surface area contributed by atoms with Crippen LogP contribution in [0.2, 0.25) is 0 Å². The number of nitrogens with one attached hydrogen (secondary N) is 1. The molecule has 0 fully saturated rings. The SMILES string of the molecule is CC(Oc1cccc2c1CCCC2)C(=O)Nc1ccc2c(c1)OCO2. The first-order chi connectivity index (χ1) is 12.2. The standard InChI is InChI=1S/C20H21NO4/c1-13(25-17-8-4-6-14-5-2-3-7-16(14)17)20(22)21-15-9-10-18-19(11-15)24-12-23-18/h4,6,8-11,13H,2-3,5,7,12H2,1H3,(H,21,22). The van der Waals surface area contributed by atoms with Crippen LogP contribution in [0, 0.1) is 0 Å². The molecule has 1 aliphatic heterocycles. The smallest absolute Gasteiger partial charge is 0.265 e. The number of ether oxygens (including phenoxy) is 3. The van der Waals surface area contributed by atoms with Crippen LogP contribution in [0.25, 0.3) is 0 Å². The second kappa shape index (κ2) is 6.67. The van der Waals surface area contributed by atoms with Gasteiger partial charge in [0.25, 0.3) is 5.91 Å². The number of hydrogen-bond donors (Lipinski definition) is 1. The maximum absolute atomic E-state index is 12.5. The Balaban J connectivity index is 1.44. The molecule has 1 unspecified atom stereocenters. The van der Waals surface area contributed by atoms with Crippen molar-refractivity contribution in [2.75, 3.05) is 12.1 Å². The highest BCUT2D eigenvalue weighted by atomic mass is 16.7. The maximum Gasteiger partial charge on any atom is 0.265 e. The van der Waals surface area contributed by atoms with Crippen molar-refractivity contribution in [2.45, 2.75) is 38.7 Å². The topological polar surface area (TPSA) is 56.8 Å². The number of carbonyl (C=O) groups excluding carboxylic acids is 1. The summed E-state index contributed by atoms with van der Waals surface area (Å²) in [5, 5.41) is 2.87. The Morgan fingerprint density at radius 1 is 1.12 bits per heavy atom. The Morgan fingerprint density at radius 2 is 1.96 bits per heavy atom. The molecule has 0 bridgehead atoms. The lowest BCUT2D eigenvalue weighted by atomic mass is 9.91. The summed E-state index contributed by atoms with van der Waals surface area (Å²) in [6.07, 6.45) is 3.91. The van der Waals surface area contributed by atoms with Gasteiger partial charge in [-0.05, 0) is 61.9 Å². The zero-order chi connectivity index (χ0) is 17.2. The van der Waals surface area contributed by atoms with E-state index in [9.17, 15) is 4.79 Å². The molecule has 25 heavy (non-hydrogen) atoms. The molecule has 0 saturated heterocycles. The third kappa shape index (κ3) is 3.27. The lowest BCUT2D eigenvalue weighted by Gasteiger charge is -2.22. The number of hydrogen-bond acceptors (Lipinski definition) is 4. The van der Waals surface area contributed by atoms with Crippen LogP contribution in [0.15, 0.2) is 36.4 Å². The quantitative estimate of drug-likeness (QED) is 0.923. The van der Waals surface area contributed by atoms with Crippen molar-refractivity contribution >= 4 is 11.6 Å². The molecular formula is C20H21NO4. The molecule has 4 rings (SSSR count). The van der Waals surface area contributed by atoms with E-state index in [1.54, 1.807) is 25.1 Å². The average Bonchev–Trinajstić information content (AvgIpc) is 3.10. The Morgan fingerprint density at radius 3 is 2.88 bits per heavy atom.